The van der Waals surface area contributed by atoms with Gasteiger partial charge in [0.25, 0.3) is 0 Å². The molecule has 7 nitrogen and oxygen atoms in total. The van der Waals surface area contributed by atoms with Crippen LogP contribution in [0.5, 0.6) is 0 Å². The summed E-state index contributed by atoms with van der Waals surface area (Å²) in [6.07, 6.45) is -4.60. The fourth-order valence-corrected chi connectivity index (χ4v) is 8.28. The van der Waals surface area contributed by atoms with Crippen molar-refractivity contribution in [3.05, 3.63) is 109 Å². The second kappa shape index (κ2) is 11.1. The minimum absolute atomic E-state index is 0.0936. The smallest absolute Gasteiger partial charge is 0.325 e. The number of anilines is 2. The number of imide groups is 1. The molecule has 3 amide bonds. The Hall–Kier alpha value is -3.75. The maximum atomic E-state index is 13.8. The highest BCUT2D eigenvalue weighted by Crippen LogP contribution is 2.54. The van der Waals surface area contributed by atoms with Gasteiger partial charge in [-0.25, -0.2) is 9.29 Å². The Balaban J connectivity index is 1.37. The first kappa shape index (κ1) is 29.3. The molecule has 0 spiro atoms. The third-order valence-corrected chi connectivity index (χ3v) is 10.3. The van der Waals surface area contributed by atoms with Gasteiger partial charge in [0.05, 0.1) is 22.2 Å². The quantitative estimate of drug-likeness (QED) is 0.197. The predicted molar refractivity (Wildman–Crippen MR) is 157 cm³/mol. The number of hydrogen-bond acceptors (Lipinski definition) is 6. The molecule has 1 saturated heterocycles. The average molecular weight is 693 g/mol. The Morgan fingerprint density at radius 1 is 0.953 bits per heavy atom. The Morgan fingerprint density at radius 3 is 2.33 bits per heavy atom. The lowest BCUT2D eigenvalue weighted by molar-refractivity contribution is -0.137. The van der Waals surface area contributed by atoms with E-state index < -0.39 is 63.8 Å². The van der Waals surface area contributed by atoms with E-state index in [4.69, 9.17) is 0 Å². The van der Waals surface area contributed by atoms with Crippen LogP contribution in [0.2, 0.25) is 0 Å². The van der Waals surface area contributed by atoms with Crippen LogP contribution in [0.1, 0.15) is 21.9 Å². The van der Waals surface area contributed by atoms with E-state index in [-0.39, 0.29) is 11.4 Å². The molecule has 1 aromatic heterocycles. The summed E-state index contributed by atoms with van der Waals surface area (Å²) in [6, 6.07) is 16.2. The van der Waals surface area contributed by atoms with Crippen molar-refractivity contribution in [2.45, 2.75) is 28.9 Å². The zero-order valence-electron chi connectivity index (χ0n) is 21.6. The van der Waals surface area contributed by atoms with E-state index in [9.17, 15) is 36.7 Å². The molecular weight excluding hydrogens is 674 g/mol. The third kappa shape index (κ3) is 5.43. The number of fused-ring (bicyclic) bond motifs is 2. The molecule has 4 aromatic rings. The number of aromatic nitrogens is 1. The molecule has 0 bridgehead atoms. The molecule has 3 aromatic carbocycles. The normalized spacial score (nSPS) is 19.7. The number of thioether (sulfide) groups is 1. The van der Waals surface area contributed by atoms with Crippen LogP contribution in [0.3, 0.4) is 0 Å². The SMILES string of the molecule is O=C(Cn1c2c(sc1=O)C(c1ccc(Br)cc1)C1C(=O)N(c3ccc(F)cc3)C(=O)C1S2)Nc1cccc(C(F)(F)F)c1. The number of hydrogen-bond donors (Lipinski definition) is 1. The molecule has 0 aliphatic carbocycles. The minimum Gasteiger partial charge on any atom is -0.325 e. The first-order valence-corrected chi connectivity index (χ1v) is 15.2. The first-order chi connectivity index (χ1) is 20.4. The molecule has 2 aliphatic rings. The van der Waals surface area contributed by atoms with Gasteiger partial charge in [-0.05, 0) is 60.2 Å². The maximum Gasteiger partial charge on any atom is 0.416 e. The zero-order valence-corrected chi connectivity index (χ0v) is 24.8. The van der Waals surface area contributed by atoms with E-state index in [1.54, 1.807) is 24.3 Å². The number of benzene rings is 3. The lowest BCUT2D eigenvalue weighted by Gasteiger charge is -2.30. The lowest BCUT2D eigenvalue weighted by atomic mass is 9.83. The number of nitrogens with zero attached hydrogens (tertiary/aromatic N) is 2. The van der Waals surface area contributed by atoms with Crippen LogP contribution in [0.15, 0.2) is 87.1 Å². The van der Waals surface area contributed by atoms with Crippen LogP contribution in [0.25, 0.3) is 0 Å². The summed E-state index contributed by atoms with van der Waals surface area (Å²) in [5.41, 5.74) is -0.154. The van der Waals surface area contributed by atoms with Gasteiger partial charge in [0.2, 0.25) is 17.7 Å². The standard InChI is InChI=1S/C29H18BrF4N3O4S2/c30-16-6-4-14(5-7-16)21-22-23(26(40)37(25(22)39)19-10-8-17(31)9-11-19)42-27-24(21)43-28(41)36(27)13-20(38)35-18-3-1-2-15(12-18)29(32,33)34/h1-12,21-23H,13H2,(H,35,38). The summed E-state index contributed by atoms with van der Waals surface area (Å²) >= 11 is 5.22. The number of carbonyl (C=O) groups excluding carboxylic acids is 3. The van der Waals surface area contributed by atoms with E-state index in [1.165, 1.54) is 22.8 Å². The highest BCUT2D eigenvalue weighted by atomic mass is 79.9. The van der Waals surface area contributed by atoms with Gasteiger partial charge >= 0.3 is 11.0 Å². The van der Waals surface area contributed by atoms with Crippen LogP contribution in [0, 0.1) is 11.7 Å². The Morgan fingerprint density at radius 2 is 1.65 bits per heavy atom. The number of thiazole rings is 1. The third-order valence-electron chi connectivity index (χ3n) is 7.14. The summed E-state index contributed by atoms with van der Waals surface area (Å²) < 4.78 is 55.0. The molecule has 3 atom stereocenters. The van der Waals surface area contributed by atoms with Crippen LogP contribution >= 0.6 is 39.0 Å². The van der Waals surface area contributed by atoms with Gasteiger partial charge in [-0.15, -0.1) is 0 Å². The number of alkyl halides is 3. The van der Waals surface area contributed by atoms with Gasteiger partial charge in [-0.2, -0.15) is 13.2 Å². The zero-order chi connectivity index (χ0) is 30.6. The van der Waals surface area contributed by atoms with Crippen LogP contribution < -0.4 is 15.1 Å². The Labute approximate surface area is 257 Å². The summed E-state index contributed by atoms with van der Waals surface area (Å²) in [5, 5.41) is 1.77. The predicted octanol–water partition coefficient (Wildman–Crippen LogP) is 6.26. The molecule has 220 valence electrons. The number of rotatable bonds is 5. The average Bonchev–Trinajstić information content (AvgIpc) is 3.40. The van der Waals surface area contributed by atoms with Crippen molar-refractivity contribution in [3.63, 3.8) is 0 Å². The molecule has 3 unspecified atom stereocenters. The monoisotopic (exact) mass is 691 g/mol. The molecule has 1 N–H and O–H groups in total. The van der Waals surface area contributed by atoms with Crippen LogP contribution in [0.4, 0.5) is 28.9 Å². The second-order valence-corrected chi connectivity index (χ2v) is 12.9. The molecule has 14 heteroatoms. The van der Waals surface area contributed by atoms with Crippen molar-refractivity contribution in [2.75, 3.05) is 10.2 Å². The van der Waals surface area contributed by atoms with Crippen molar-refractivity contribution >= 4 is 68.1 Å². The van der Waals surface area contributed by atoms with Crippen LogP contribution in [-0.4, -0.2) is 27.5 Å². The molecule has 6 rings (SSSR count). The van der Waals surface area contributed by atoms with Crippen molar-refractivity contribution in [2.24, 2.45) is 5.92 Å². The van der Waals surface area contributed by atoms with E-state index in [1.807, 2.05) is 0 Å². The van der Waals surface area contributed by atoms with Crippen molar-refractivity contribution in [1.29, 1.82) is 0 Å². The van der Waals surface area contributed by atoms with Gasteiger partial charge < -0.3 is 5.32 Å². The maximum absolute atomic E-state index is 13.8. The largest absolute Gasteiger partial charge is 0.416 e. The summed E-state index contributed by atoms with van der Waals surface area (Å²) in [4.78, 5) is 54.7. The highest BCUT2D eigenvalue weighted by molar-refractivity contribution is 9.10. The van der Waals surface area contributed by atoms with E-state index >= 15 is 0 Å². The first-order valence-electron chi connectivity index (χ1n) is 12.7. The highest BCUT2D eigenvalue weighted by Gasteiger charge is 2.56. The fraction of sp³-hybridized carbons (Fsp3) is 0.172. The molecule has 0 saturated carbocycles. The molecular formula is C29H18BrF4N3O4S2. The molecule has 0 radical (unpaired) electrons. The topological polar surface area (TPSA) is 88.5 Å². The molecule has 2 aliphatic heterocycles. The van der Waals surface area contributed by atoms with Crippen LogP contribution in [-0.2, 0) is 27.1 Å². The van der Waals surface area contributed by atoms with Crippen molar-refractivity contribution in [3.8, 4) is 0 Å². The Bertz CT molecular complexity index is 1820. The van der Waals surface area contributed by atoms with Gasteiger partial charge in [-0.1, -0.05) is 57.2 Å². The van der Waals surface area contributed by atoms with Crippen molar-refractivity contribution in [1.82, 2.24) is 4.57 Å². The summed E-state index contributed by atoms with van der Waals surface area (Å²) in [6.45, 7) is -0.526. The van der Waals surface area contributed by atoms with Gasteiger partial charge in [0.15, 0.2) is 0 Å². The van der Waals surface area contributed by atoms with E-state index in [2.05, 4.69) is 21.2 Å². The van der Waals surface area contributed by atoms with Gasteiger partial charge in [0.1, 0.15) is 17.6 Å². The number of carbonyl (C=O) groups is 3. The fourth-order valence-electron chi connectivity index (χ4n) is 5.25. The molecule has 43 heavy (non-hydrogen) atoms. The molecule has 1 fully saturated rings. The summed E-state index contributed by atoms with van der Waals surface area (Å²) in [5.74, 6) is -3.91. The number of amides is 3. The summed E-state index contributed by atoms with van der Waals surface area (Å²) in [7, 11) is 0. The number of nitrogens with one attached hydrogen (secondary N) is 1. The van der Waals surface area contributed by atoms with Crippen molar-refractivity contribution < 1.29 is 31.9 Å². The van der Waals surface area contributed by atoms with Gasteiger partial charge in [0, 0.05) is 21.0 Å². The minimum atomic E-state index is -4.60. The Kier molecular flexibility index (Phi) is 7.55. The van der Waals surface area contributed by atoms with E-state index in [0.717, 1.165) is 62.8 Å². The second-order valence-electron chi connectivity index (χ2n) is 9.83. The van der Waals surface area contributed by atoms with Gasteiger partial charge in [-0.3, -0.25) is 23.7 Å². The lowest BCUT2D eigenvalue weighted by Crippen LogP contribution is -2.33. The molecule has 3 heterocycles. The number of halogens is 5. The van der Waals surface area contributed by atoms with E-state index in [0.29, 0.717) is 15.5 Å².